The van der Waals surface area contributed by atoms with Crippen molar-refractivity contribution in [3.63, 3.8) is 0 Å². The van der Waals surface area contributed by atoms with Crippen molar-refractivity contribution < 1.29 is 9.59 Å². The number of nitrogens with zero attached hydrogens (tertiary/aromatic N) is 4. The summed E-state index contributed by atoms with van der Waals surface area (Å²) in [5, 5.41) is 4.21. The van der Waals surface area contributed by atoms with Gasteiger partial charge in [0.05, 0.1) is 11.0 Å². The van der Waals surface area contributed by atoms with E-state index in [1.54, 1.807) is 4.90 Å². The number of H-pyrrole nitrogens is 2. The van der Waals surface area contributed by atoms with Gasteiger partial charge in [-0.2, -0.15) is 0 Å². The van der Waals surface area contributed by atoms with Crippen LogP contribution < -0.4 is 15.9 Å². The van der Waals surface area contributed by atoms with Crippen LogP contribution in [0.5, 0.6) is 0 Å². The van der Waals surface area contributed by atoms with Gasteiger partial charge >= 0.3 is 11.7 Å². The Morgan fingerprint density at radius 3 is 2.48 bits per heavy atom. The minimum Gasteiger partial charge on any atom is -0.361 e. The average Bonchev–Trinajstić information content (AvgIpc) is 3.63. The zero-order valence-corrected chi connectivity index (χ0v) is 26.4. The molecular weight excluding hydrogens is 578 g/mol. The van der Waals surface area contributed by atoms with E-state index in [9.17, 15) is 14.4 Å². The molecule has 3 aromatic carbocycles. The third-order valence-electron chi connectivity index (χ3n) is 9.56. The normalized spacial score (nSPS) is 17.8. The van der Waals surface area contributed by atoms with Crippen molar-refractivity contribution in [2.75, 3.05) is 45.2 Å². The summed E-state index contributed by atoms with van der Waals surface area (Å²) in [7, 11) is 4.12. The number of likely N-dealkylation sites (tertiary alicyclic amines) is 1. The van der Waals surface area contributed by atoms with Crippen molar-refractivity contribution in [3.8, 4) is 0 Å². The number of imidazole rings is 1. The maximum absolute atomic E-state index is 14.6. The van der Waals surface area contributed by atoms with Gasteiger partial charge in [0, 0.05) is 61.4 Å². The van der Waals surface area contributed by atoms with Crippen molar-refractivity contribution in [1.29, 1.82) is 0 Å². The lowest BCUT2D eigenvalue weighted by Gasteiger charge is -2.38. The second kappa shape index (κ2) is 12.5. The van der Waals surface area contributed by atoms with Crippen LogP contribution in [0.2, 0.25) is 0 Å². The van der Waals surface area contributed by atoms with E-state index in [0.29, 0.717) is 38.9 Å². The number of aromatic nitrogens is 3. The summed E-state index contributed by atoms with van der Waals surface area (Å²) in [5.41, 5.74) is 5.64. The number of carbonyl (C=O) groups excluding carboxylic acids is 2. The summed E-state index contributed by atoms with van der Waals surface area (Å²) < 4.78 is 1.83. The van der Waals surface area contributed by atoms with Crippen molar-refractivity contribution in [2.45, 2.75) is 37.8 Å². The molecule has 4 heterocycles. The third kappa shape index (κ3) is 5.80. The molecule has 2 atom stereocenters. The maximum atomic E-state index is 14.6. The van der Waals surface area contributed by atoms with Gasteiger partial charge < -0.3 is 30.0 Å². The highest BCUT2D eigenvalue weighted by Gasteiger charge is 2.35. The first kappa shape index (κ1) is 29.9. The molecule has 0 saturated carbocycles. The molecule has 0 aliphatic carbocycles. The fraction of sp³-hybridized carbons (Fsp3) is 0.361. The maximum Gasteiger partial charge on any atom is 0.326 e. The number of nitrogens with one attached hydrogen (secondary N) is 3. The largest absolute Gasteiger partial charge is 0.361 e. The van der Waals surface area contributed by atoms with Crippen LogP contribution in [-0.2, 0) is 17.6 Å². The molecule has 2 aliphatic rings. The van der Waals surface area contributed by atoms with Crippen LogP contribution in [-0.4, -0.2) is 82.6 Å². The Hall–Kier alpha value is -4.83. The molecule has 3 N–H and O–H groups in total. The van der Waals surface area contributed by atoms with E-state index >= 15 is 0 Å². The molecule has 238 valence electrons. The van der Waals surface area contributed by atoms with E-state index in [1.165, 1.54) is 0 Å². The predicted molar refractivity (Wildman–Crippen MR) is 181 cm³/mol. The fourth-order valence-corrected chi connectivity index (χ4v) is 7.44. The van der Waals surface area contributed by atoms with Crippen LogP contribution >= 0.6 is 0 Å². The summed E-state index contributed by atoms with van der Waals surface area (Å²) in [6.45, 7) is 2.45. The number of fused-ring (bicyclic) bond motifs is 3. The second-order valence-electron chi connectivity index (χ2n) is 13.0. The van der Waals surface area contributed by atoms with E-state index in [0.717, 1.165) is 51.7 Å². The number of hydrogen-bond acceptors (Lipinski definition) is 4. The van der Waals surface area contributed by atoms with Crippen molar-refractivity contribution in [3.05, 3.63) is 101 Å². The molecule has 10 heteroatoms. The lowest BCUT2D eigenvalue weighted by Crippen LogP contribution is -2.56. The topological polar surface area (TPSA) is 109 Å². The smallest absolute Gasteiger partial charge is 0.326 e. The first-order valence-corrected chi connectivity index (χ1v) is 16.2. The monoisotopic (exact) mass is 619 g/mol. The van der Waals surface area contributed by atoms with Gasteiger partial charge in [0.1, 0.15) is 6.04 Å². The van der Waals surface area contributed by atoms with Gasteiger partial charge in [-0.1, -0.05) is 48.5 Å². The number of rotatable bonds is 7. The van der Waals surface area contributed by atoms with E-state index in [2.05, 4.69) is 40.3 Å². The first-order valence-electron chi connectivity index (χ1n) is 16.2. The first-order chi connectivity index (χ1) is 22.4. The Morgan fingerprint density at radius 1 is 0.957 bits per heavy atom. The van der Waals surface area contributed by atoms with Crippen LogP contribution in [0.3, 0.4) is 0 Å². The van der Waals surface area contributed by atoms with Crippen LogP contribution in [0.1, 0.15) is 30.0 Å². The summed E-state index contributed by atoms with van der Waals surface area (Å²) in [6.07, 6.45) is 4.53. The molecule has 1 saturated heterocycles. The summed E-state index contributed by atoms with van der Waals surface area (Å²) >= 11 is 0. The highest BCUT2D eigenvalue weighted by Crippen LogP contribution is 2.31. The van der Waals surface area contributed by atoms with Crippen LogP contribution in [0.4, 0.5) is 10.5 Å². The number of carbonyl (C=O) groups is 2. The van der Waals surface area contributed by atoms with Gasteiger partial charge in [0.15, 0.2) is 0 Å². The lowest BCUT2D eigenvalue weighted by atomic mass is 9.91. The van der Waals surface area contributed by atoms with E-state index in [4.69, 9.17) is 0 Å². The number of amides is 3. The van der Waals surface area contributed by atoms with Crippen LogP contribution in [0.25, 0.3) is 21.9 Å². The van der Waals surface area contributed by atoms with Gasteiger partial charge in [0.2, 0.25) is 5.91 Å². The molecule has 2 aliphatic heterocycles. The molecular formula is C36H41N7O3. The van der Waals surface area contributed by atoms with Crippen molar-refractivity contribution >= 4 is 39.6 Å². The molecule has 1 unspecified atom stereocenters. The molecule has 1 fully saturated rings. The molecule has 7 rings (SSSR count). The average molecular weight is 620 g/mol. The SMILES string of the molecule is CN(C)C[C@@H]1Cc2ccccc2N(C(=O)C(Cc2c[nH]c3ccccc23)NC(=O)N2CCC(n3c(=O)[nH]c4ccccc43)CC2)C1. The highest BCUT2D eigenvalue weighted by atomic mass is 16.2. The van der Waals surface area contributed by atoms with Gasteiger partial charge in [-0.15, -0.1) is 0 Å². The Labute approximate surface area is 268 Å². The Balaban J connectivity index is 1.13. The zero-order valence-electron chi connectivity index (χ0n) is 26.4. The van der Waals surface area contributed by atoms with Crippen molar-refractivity contribution in [1.82, 2.24) is 29.7 Å². The standard InChI is InChI=1S/C36H41N7O3/c1-40(2)22-24-19-25-9-3-7-13-32(25)42(23-24)34(44)31(20-26-21-37-29-11-5-4-10-28(26)29)39-35(45)41-17-15-27(16-18-41)43-33-14-8-6-12-30(33)38-36(43)46/h3-14,21,24,27,31,37H,15-20,22-23H2,1-2H3,(H,38,46)(H,39,45)/t24-,31?/m0/s1. The molecule has 46 heavy (non-hydrogen) atoms. The Kier molecular flexibility index (Phi) is 8.12. The molecule has 0 radical (unpaired) electrons. The number of anilines is 1. The van der Waals surface area contributed by atoms with Gasteiger partial charge in [-0.3, -0.25) is 9.36 Å². The minimum atomic E-state index is -0.758. The fourth-order valence-electron chi connectivity index (χ4n) is 7.44. The Morgan fingerprint density at radius 2 is 1.67 bits per heavy atom. The molecule has 2 aromatic heterocycles. The molecule has 5 aromatic rings. The highest BCUT2D eigenvalue weighted by molar-refractivity contribution is 6.00. The predicted octanol–water partition coefficient (Wildman–Crippen LogP) is 4.54. The summed E-state index contributed by atoms with van der Waals surface area (Å²) in [4.78, 5) is 53.4. The van der Waals surface area contributed by atoms with E-state index in [1.807, 2.05) is 82.4 Å². The number of benzene rings is 3. The number of para-hydroxylation sites is 4. The van der Waals surface area contributed by atoms with Crippen LogP contribution in [0.15, 0.2) is 83.8 Å². The molecule has 0 bridgehead atoms. The minimum absolute atomic E-state index is 0.00479. The number of hydrogen-bond donors (Lipinski definition) is 3. The Bertz CT molecular complexity index is 1930. The van der Waals surface area contributed by atoms with E-state index < -0.39 is 6.04 Å². The summed E-state index contributed by atoms with van der Waals surface area (Å²) in [6, 6.07) is 22.9. The van der Waals surface area contributed by atoms with Gasteiger partial charge in [-0.05, 0) is 74.7 Å². The van der Waals surface area contributed by atoms with E-state index in [-0.39, 0.29) is 29.6 Å². The van der Waals surface area contributed by atoms with Crippen LogP contribution in [0, 0.1) is 5.92 Å². The quantitative estimate of drug-likeness (QED) is 0.249. The second-order valence-corrected chi connectivity index (χ2v) is 13.0. The third-order valence-corrected chi connectivity index (χ3v) is 9.56. The number of urea groups is 1. The van der Waals surface area contributed by atoms with Gasteiger partial charge in [0.25, 0.3) is 0 Å². The number of piperidine rings is 1. The van der Waals surface area contributed by atoms with Crippen molar-refractivity contribution in [2.24, 2.45) is 5.92 Å². The van der Waals surface area contributed by atoms with Gasteiger partial charge in [-0.25, -0.2) is 9.59 Å². The molecule has 3 amide bonds. The molecule has 0 spiro atoms. The summed E-state index contributed by atoms with van der Waals surface area (Å²) in [5.74, 6) is 0.181. The lowest BCUT2D eigenvalue weighted by molar-refractivity contribution is -0.120. The zero-order chi connectivity index (χ0) is 31.8. The number of aromatic amines is 2. The molecule has 10 nitrogen and oxygen atoms in total.